The van der Waals surface area contributed by atoms with E-state index < -0.39 is 0 Å². The zero-order valence-electron chi connectivity index (χ0n) is 11.0. The van der Waals surface area contributed by atoms with Crippen molar-refractivity contribution in [3.8, 4) is 0 Å². The fourth-order valence-electron chi connectivity index (χ4n) is 2.58. The van der Waals surface area contributed by atoms with Crippen molar-refractivity contribution in [3.05, 3.63) is 0 Å². The maximum absolute atomic E-state index is 11.4. The van der Waals surface area contributed by atoms with E-state index in [1.54, 1.807) is 0 Å². The Morgan fingerprint density at radius 3 is 2.62 bits per heavy atom. The van der Waals surface area contributed by atoms with Crippen LogP contribution in [0.1, 0.15) is 53.4 Å². The quantitative estimate of drug-likeness (QED) is 0.803. The molecule has 1 aliphatic rings. The molecule has 2 atom stereocenters. The number of carbonyl (C=O) groups excluding carboxylic acids is 1. The molecule has 0 aromatic carbocycles. The zero-order chi connectivity index (χ0) is 12.2. The van der Waals surface area contributed by atoms with Crippen molar-refractivity contribution in [3.63, 3.8) is 0 Å². The molecule has 1 rings (SSSR count). The van der Waals surface area contributed by atoms with Gasteiger partial charge in [0.2, 0.25) is 0 Å². The van der Waals surface area contributed by atoms with Crippen molar-refractivity contribution >= 4 is 6.09 Å². The summed E-state index contributed by atoms with van der Waals surface area (Å²) in [6, 6.07) is 0.318. The van der Waals surface area contributed by atoms with Gasteiger partial charge in [-0.3, -0.25) is 0 Å². The first-order chi connectivity index (χ1) is 7.42. The van der Waals surface area contributed by atoms with Crippen LogP contribution in [0.4, 0.5) is 4.79 Å². The van der Waals surface area contributed by atoms with Gasteiger partial charge in [0, 0.05) is 6.04 Å². The van der Waals surface area contributed by atoms with E-state index in [1.165, 1.54) is 19.3 Å². The van der Waals surface area contributed by atoms with Crippen LogP contribution < -0.4 is 5.32 Å². The minimum absolute atomic E-state index is 0.256. The summed E-state index contributed by atoms with van der Waals surface area (Å²) in [4.78, 5) is 11.4. The van der Waals surface area contributed by atoms with Crippen LogP contribution in [0, 0.1) is 11.3 Å². The van der Waals surface area contributed by atoms with Gasteiger partial charge in [-0.25, -0.2) is 4.79 Å². The first-order valence-electron chi connectivity index (χ1n) is 6.35. The van der Waals surface area contributed by atoms with E-state index in [9.17, 15) is 4.79 Å². The van der Waals surface area contributed by atoms with Gasteiger partial charge in [0.15, 0.2) is 0 Å². The molecule has 0 bridgehead atoms. The molecule has 1 amide bonds. The van der Waals surface area contributed by atoms with Gasteiger partial charge >= 0.3 is 6.09 Å². The fraction of sp³-hybridized carbons (Fsp3) is 0.923. The van der Waals surface area contributed by atoms with Crippen LogP contribution in [0.3, 0.4) is 0 Å². The van der Waals surface area contributed by atoms with Crippen LogP contribution in [0.15, 0.2) is 0 Å². The molecule has 0 heterocycles. The number of hydrogen-bond acceptors (Lipinski definition) is 2. The summed E-state index contributed by atoms with van der Waals surface area (Å²) < 4.78 is 4.93. The Bertz CT molecular complexity index is 233. The molecule has 0 saturated heterocycles. The molecule has 0 spiro atoms. The number of alkyl carbamates (subject to hydrolysis) is 1. The van der Waals surface area contributed by atoms with Crippen LogP contribution in [0.25, 0.3) is 0 Å². The van der Waals surface area contributed by atoms with Gasteiger partial charge in [0.25, 0.3) is 0 Å². The molecule has 0 aliphatic heterocycles. The van der Waals surface area contributed by atoms with Crippen LogP contribution in [0.5, 0.6) is 0 Å². The Morgan fingerprint density at radius 1 is 1.38 bits per heavy atom. The van der Waals surface area contributed by atoms with E-state index in [4.69, 9.17) is 4.74 Å². The molecule has 2 unspecified atom stereocenters. The van der Waals surface area contributed by atoms with E-state index in [0.717, 1.165) is 6.42 Å². The Labute approximate surface area is 98.9 Å². The second kappa shape index (κ2) is 5.55. The number of carbonyl (C=O) groups is 1. The van der Waals surface area contributed by atoms with Gasteiger partial charge in [-0.1, -0.05) is 27.2 Å². The first-order valence-corrected chi connectivity index (χ1v) is 6.35. The predicted octanol–water partition coefficient (Wildman–Crippen LogP) is 3.34. The standard InChI is InChI=1S/C13H25NO2/c1-5-16-12(15)14-11-8-6-7-10(11)9-13(2,3)4/h10-11H,5-9H2,1-4H3,(H,14,15). The van der Waals surface area contributed by atoms with Gasteiger partial charge in [-0.05, 0) is 37.5 Å². The Balaban J connectivity index is 2.43. The van der Waals surface area contributed by atoms with Crippen LogP contribution in [-0.4, -0.2) is 18.7 Å². The van der Waals surface area contributed by atoms with E-state index in [-0.39, 0.29) is 6.09 Å². The average molecular weight is 227 g/mol. The number of ether oxygens (including phenoxy) is 1. The molecule has 1 saturated carbocycles. The summed E-state index contributed by atoms with van der Waals surface area (Å²) in [6.45, 7) is 9.05. The lowest BCUT2D eigenvalue weighted by atomic mass is 9.82. The van der Waals surface area contributed by atoms with Gasteiger partial charge in [0.05, 0.1) is 6.61 Å². The van der Waals surface area contributed by atoms with Crippen molar-refractivity contribution in [1.29, 1.82) is 0 Å². The second-order valence-electron chi connectivity index (χ2n) is 5.93. The summed E-state index contributed by atoms with van der Waals surface area (Å²) in [5.74, 6) is 0.615. The highest BCUT2D eigenvalue weighted by Crippen LogP contribution is 2.35. The smallest absolute Gasteiger partial charge is 0.407 e. The van der Waals surface area contributed by atoms with Gasteiger partial charge in [-0.2, -0.15) is 0 Å². The first kappa shape index (κ1) is 13.3. The third-order valence-electron chi connectivity index (χ3n) is 3.11. The monoisotopic (exact) mass is 227 g/mol. The molecule has 3 heteroatoms. The topological polar surface area (TPSA) is 38.3 Å². The summed E-state index contributed by atoms with van der Waals surface area (Å²) >= 11 is 0. The molecule has 1 fully saturated rings. The van der Waals surface area contributed by atoms with Crippen molar-refractivity contribution in [2.24, 2.45) is 11.3 Å². The molecular weight excluding hydrogens is 202 g/mol. The van der Waals surface area contributed by atoms with E-state index in [1.807, 2.05) is 6.92 Å². The predicted molar refractivity (Wildman–Crippen MR) is 65.4 cm³/mol. The van der Waals surface area contributed by atoms with Crippen molar-refractivity contribution in [2.45, 2.75) is 59.4 Å². The molecule has 3 nitrogen and oxygen atoms in total. The largest absolute Gasteiger partial charge is 0.450 e. The molecule has 94 valence electrons. The lowest BCUT2D eigenvalue weighted by Gasteiger charge is -2.27. The highest BCUT2D eigenvalue weighted by molar-refractivity contribution is 5.67. The normalized spacial score (nSPS) is 25.5. The summed E-state index contributed by atoms with van der Waals surface area (Å²) in [6.07, 6.45) is 4.46. The summed E-state index contributed by atoms with van der Waals surface area (Å²) in [5.41, 5.74) is 0.337. The van der Waals surface area contributed by atoms with Crippen LogP contribution in [0.2, 0.25) is 0 Å². The fourth-order valence-corrected chi connectivity index (χ4v) is 2.58. The second-order valence-corrected chi connectivity index (χ2v) is 5.93. The molecule has 1 aliphatic carbocycles. The van der Waals surface area contributed by atoms with Crippen molar-refractivity contribution in [2.75, 3.05) is 6.61 Å². The van der Waals surface area contributed by atoms with E-state index >= 15 is 0 Å². The van der Waals surface area contributed by atoms with Crippen molar-refractivity contribution < 1.29 is 9.53 Å². The molecular formula is C13H25NO2. The number of rotatable bonds is 3. The average Bonchev–Trinajstić information content (AvgIpc) is 2.50. The minimum atomic E-state index is -0.256. The van der Waals surface area contributed by atoms with Gasteiger partial charge in [-0.15, -0.1) is 0 Å². The molecule has 0 radical (unpaired) electrons. The van der Waals surface area contributed by atoms with Gasteiger partial charge < -0.3 is 10.1 Å². The Hall–Kier alpha value is -0.730. The molecule has 0 aromatic heterocycles. The molecule has 16 heavy (non-hydrogen) atoms. The number of amides is 1. The SMILES string of the molecule is CCOC(=O)NC1CCCC1CC(C)(C)C. The minimum Gasteiger partial charge on any atom is -0.450 e. The lowest BCUT2D eigenvalue weighted by Crippen LogP contribution is -2.38. The third-order valence-corrected chi connectivity index (χ3v) is 3.11. The number of hydrogen-bond donors (Lipinski definition) is 1. The van der Waals surface area contributed by atoms with E-state index in [2.05, 4.69) is 26.1 Å². The highest BCUT2D eigenvalue weighted by Gasteiger charge is 2.31. The van der Waals surface area contributed by atoms with Crippen molar-refractivity contribution in [1.82, 2.24) is 5.32 Å². The van der Waals surface area contributed by atoms with E-state index in [0.29, 0.717) is 24.0 Å². The lowest BCUT2D eigenvalue weighted by molar-refractivity contribution is 0.142. The maximum Gasteiger partial charge on any atom is 0.407 e. The Kier molecular flexibility index (Phi) is 4.63. The number of nitrogens with one attached hydrogen (secondary N) is 1. The maximum atomic E-state index is 11.4. The summed E-state index contributed by atoms with van der Waals surface area (Å²) in [7, 11) is 0. The Morgan fingerprint density at radius 2 is 2.06 bits per heavy atom. The third kappa shape index (κ3) is 4.42. The summed E-state index contributed by atoms with van der Waals surface area (Å²) in [5, 5.41) is 2.99. The zero-order valence-corrected chi connectivity index (χ0v) is 11.0. The van der Waals surface area contributed by atoms with Crippen LogP contribution in [-0.2, 0) is 4.74 Å². The molecule has 1 N–H and O–H groups in total. The van der Waals surface area contributed by atoms with Gasteiger partial charge in [0.1, 0.15) is 0 Å². The molecule has 0 aromatic rings. The highest BCUT2D eigenvalue weighted by atomic mass is 16.5. The van der Waals surface area contributed by atoms with Crippen LogP contribution >= 0.6 is 0 Å².